The molecule has 108 valence electrons. The fourth-order valence-corrected chi connectivity index (χ4v) is 2.89. The lowest BCUT2D eigenvalue weighted by Gasteiger charge is -2.14. The smallest absolute Gasteiger partial charge is 0.169 e. The van der Waals surface area contributed by atoms with Crippen LogP contribution in [0.25, 0.3) is 11.0 Å². The van der Waals surface area contributed by atoms with Gasteiger partial charge >= 0.3 is 0 Å². The topological polar surface area (TPSA) is 25.2 Å². The van der Waals surface area contributed by atoms with Gasteiger partial charge in [0.2, 0.25) is 0 Å². The van der Waals surface area contributed by atoms with Crippen LogP contribution in [0.15, 0.2) is 57.4 Å². The van der Waals surface area contributed by atoms with Gasteiger partial charge < -0.3 is 9.73 Å². The number of nitrogens with one attached hydrogen (secondary N) is 1. The van der Waals surface area contributed by atoms with Crippen molar-refractivity contribution in [3.05, 3.63) is 70.1 Å². The molecule has 3 rings (SSSR count). The van der Waals surface area contributed by atoms with Crippen LogP contribution in [0.2, 0.25) is 0 Å². The predicted octanol–water partition coefficient (Wildman–Crippen LogP) is 4.84. The van der Waals surface area contributed by atoms with Crippen molar-refractivity contribution in [1.82, 2.24) is 5.32 Å². The highest BCUT2D eigenvalue weighted by Gasteiger charge is 2.17. The van der Waals surface area contributed by atoms with Gasteiger partial charge in [0.15, 0.2) is 11.4 Å². The fraction of sp³-hybridized carbons (Fsp3) is 0.176. The average molecular weight is 348 g/mol. The van der Waals surface area contributed by atoms with Crippen LogP contribution < -0.4 is 5.32 Å². The van der Waals surface area contributed by atoms with E-state index in [2.05, 4.69) is 27.3 Å². The van der Waals surface area contributed by atoms with Crippen LogP contribution in [0.5, 0.6) is 0 Å². The largest absolute Gasteiger partial charge is 0.456 e. The highest BCUT2D eigenvalue weighted by atomic mass is 79.9. The summed E-state index contributed by atoms with van der Waals surface area (Å²) in [4.78, 5) is 0. The van der Waals surface area contributed by atoms with Crippen molar-refractivity contribution in [3.63, 3.8) is 0 Å². The second-order valence-corrected chi connectivity index (χ2v) is 5.80. The molecule has 0 amide bonds. The zero-order valence-corrected chi connectivity index (χ0v) is 13.2. The van der Waals surface area contributed by atoms with Crippen molar-refractivity contribution in [1.29, 1.82) is 0 Å². The molecule has 3 aromatic rings. The van der Waals surface area contributed by atoms with Gasteiger partial charge in [0, 0.05) is 9.86 Å². The molecule has 0 bridgehead atoms. The molecule has 21 heavy (non-hydrogen) atoms. The van der Waals surface area contributed by atoms with E-state index in [0.29, 0.717) is 5.58 Å². The number of benzene rings is 2. The van der Waals surface area contributed by atoms with Crippen molar-refractivity contribution >= 4 is 26.9 Å². The van der Waals surface area contributed by atoms with E-state index in [9.17, 15) is 4.39 Å². The highest BCUT2D eigenvalue weighted by Crippen LogP contribution is 2.29. The summed E-state index contributed by atoms with van der Waals surface area (Å²) in [6.45, 7) is 0. The van der Waals surface area contributed by atoms with E-state index < -0.39 is 0 Å². The molecule has 0 aliphatic carbocycles. The van der Waals surface area contributed by atoms with E-state index >= 15 is 0 Å². The molecule has 1 atom stereocenters. The number of para-hydroxylation sites is 1. The van der Waals surface area contributed by atoms with E-state index in [4.69, 9.17) is 4.42 Å². The average Bonchev–Trinajstić information content (AvgIpc) is 2.92. The lowest BCUT2D eigenvalue weighted by molar-refractivity contribution is 0.441. The summed E-state index contributed by atoms with van der Waals surface area (Å²) in [6.07, 6.45) is 0.763. The minimum absolute atomic E-state index is 0.00417. The molecule has 1 unspecified atom stereocenters. The Kier molecular flexibility index (Phi) is 4.08. The molecule has 0 radical (unpaired) electrons. The molecule has 2 nitrogen and oxygen atoms in total. The molecule has 0 fully saturated rings. The third-order valence-electron chi connectivity index (χ3n) is 3.59. The van der Waals surface area contributed by atoms with Gasteiger partial charge in [-0.05, 0) is 37.2 Å². The van der Waals surface area contributed by atoms with Crippen molar-refractivity contribution in [2.45, 2.75) is 12.5 Å². The van der Waals surface area contributed by atoms with E-state index in [-0.39, 0.29) is 11.9 Å². The molecule has 0 aliphatic heterocycles. The summed E-state index contributed by atoms with van der Waals surface area (Å²) >= 11 is 3.55. The van der Waals surface area contributed by atoms with Crippen molar-refractivity contribution in [2.24, 2.45) is 0 Å². The maximum atomic E-state index is 13.7. The molecule has 1 N–H and O–H groups in total. The van der Waals surface area contributed by atoms with Gasteiger partial charge in [-0.25, -0.2) is 4.39 Å². The summed E-state index contributed by atoms with van der Waals surface area (Å²) in [5, 5.41) is 4.03. The lowest BCUT2D eigenvalue weighted by Crippen LogP contribution is -2.18. The molecule has 1 heterocycles. The highest BCUT2D eigenvalue weighted by molar-refractivity contribution is 9.10. The van der Waals surface area contributed by atoms with Crippen molar-refractivity contribution in [3.8, 4) is 0 Å². The molecule has 0 spiro atoms. The van der Waals surface area contributed by atoms with Crippen molar-refractivity contribution < 1.29 is 8.81 Å². The third kappa shape index (κ3) is 2.87. The Labute approximate surface area is 131 Å². The zero-order valence-electron chi connectivity index (χ0n) is 11.6. The first kappa shape index (κ1) is 14.3. The standard InChI is InChI=1S/C17H15BrFNO/c1-20-15(9-11-5-2-3-7-13(11)18)16-10-12-6-4-8-14(19)17(12)21-16/h2-8,10,15,20H,9H2,1H3. The van der Waals surface area contributed by atoms with Crippen LogP contribution in [-0.2, 0) is 6.42 Å². The maximum Gasteiger partial charge on any atom is 0.169 e. The van der Waals surface area contributed by atoms with Gasteiger partial charge in [0.1, 0.15) is 5.76 Å². The monoisotopic (exact) mass is 347 g/mol. The number of fused-ring (bicyclic) bond motifs is 1. The molecule has 0 saturated heterocycles. The van der Waals surface area contributed by atoms with Gasteiger partial charge in [-0.15, -0.1) is 0 Å². The summed E-state index contributed by atoms with van der Waals surface area (Å²) in [6, 6.07) is 14.9. The Morgan fingerprint density at radius 2 is 2.00 bits per heavy atom. The number of hydrogen-bond acceptors (Lipinski definition) is 2. The molecule has 4 heteroatoms. The number of rotatable bonds is 4. The van der Waals surface area contributed by atoms with Gasteiger partial charge in [-0.1, -0.05) is 46.3 Å². The van der Waals surface area contributed by atoms with E-state index in [1.807, 2.05) is 37.4 Å². The number of furan rings is 1. The Hall–Kier alpha value is -1.65. The van der Waals surface area contributed by atoms with E-state index in [1.165, 1.54) is 11.6 Å². The normalized spacial score (nSPS) is 12.7. The van der Waals surface area contributed by atoms with Crippen LogP contribution in [0.3, 0.4) is 0 Å². The minimum atomic E-state index is -0.325. The van der Waals surface area contributed by atoms with Crippen LogP contribution in [0.1, 0.15) is 17.4 Å². The van der Waals surface area contributed by atoms with Crippen LogP contribution in [0, 0.1) is 5.82 Å². The summed E-state index contributed by atoms with van der Waals surface area (Å²) in [5.74, 6) is 0.419. The lowest BCUT2D eigenvalue weighted by atomic mass is 10.0. The molecule has 0 saturated carbocycles. The van der Waals surface area contributed by atoms with Gasteiger partial charge in [-0.2, -0.15) is 0 Å². The quantitative estimate of drug-likeness (QED) is 0.730. The molecule has 0 aliphatic rings. The fourth-order valence-electron chi connectivity index (χ4n) is 2.45. The van der Waals surface area contributed by atoms with Gasteiger partial charge in [0.25, 0.3) is 0 Å². The third-order valence-corrected chi connectivity index (χ3v) is 4.36. The number of hydrogen-bond donors (Lipinski definition) is 1. The second kappa shape index (κ2) is 6.00. The Morgan fingerprint density at radius 3 is 2.71 bits per heavy atom. The number of likely N-dealkylation sites (N-methyl/N-ethyl adjacent to an activating group) is 1. The Balaban J connectivity index is 1.95. The van der Waals surface area contributed by atoms with E-state index in [0.717, 1.165) is 22.0 Å². The first-order chi connectivity index (χ1) is 10.2. The molecule has 2 aromatic carbocycles. The van der Waals surface area contributed by atoms with Crippen LogP contribution >= 0.6 is 15.9 Å². The summed E-state index contributed by atoms with van der Waals surface area (Å²) in [5.41, 5.74) is 1.50. The predicted molar refractivity (Wildman–Crippen MR) is 85.8 cm³/mol. The van der Waals surface area contributed by atoms with Gasteiger partial charge in [-0.3, -0.25) is 0 Å². The number of halogens is 2. The van der Waals surface area contributed by atoms with Crippen LogP contribution in [0.4, 0.5) is 4.39 Å². The Morgan fingerprint density at radius 1 is 1.19 bits per heavy atom. The molecule has 1 aromatic heterocycles. The zero-order chi connectivity index (χ0) is 14.8. The maximum absolute atomic E-state index is 13.7. The molecular formula is C17H15BrFNO. The summed E-state index contributed by atoms with van der Waals surface area (Å²) < 4.78 is 20.5. The first-order valence-corrected chi connectivity index (χ1v) is 7.57. The summed E-state index contributed by atoms with van der Waals surface area (Å²) in [7, 11) is 1.88. The first-order valence-electron chi connectivity index (χ1n) is 6.77. The van der Waals surface area contributed by atoms with Crippen LogP contribution in [-0.4, -0.2) is 7.05 Å². The molecular weight excluding hydrogens is 333 g/mol. The van der Waals surface area contributed by atoms with E-state index in [1.54, 1.807) is 6.07 Å². The Bertz CT molecular complexity index is 768. The minimum Gasteiger partial charge on any atom is -0.456 e. The SMILES string of the molecule is CNC(Cc1ccccc1Br)c1cc2cccc(F)c2o1. The second-order valence-electron chi connectivity index (χ2n) is 4.94. The van der Waals surface area contributed by atoms with Crippen molar-refractivity contribution in [2.75, 3.05) is 7.05 Å². The van der Waals surface area contributed by atoms with Gasteiger partial charge in [0.05, 0.1) is 6.04 Å².